The normalized spacial score (nSPS) is 10.7. The van der Waals surface area contributed by atoms with Crippen LogP contribution in [0, 0.1) is 11.3 Å². The Labute approximate surface area is 199 Å². The minimum Gasteiger partial charge on any atom is -0.497 e. The molecule has 0 unspecified atom stereocenters. The van der Waals surface area contributed by atoms with Gasteiger partial charge in [-0.15, -0.1) is 11.3 Å². The molecule has 1 amide bonds. The minimum atomic E-state index is -0.508. The van der Waals surface area contributed by atoms with Crippen LogP contribution in [0.1, 0.15) is 23.1 Å². The summed E-state index contributed by atoms with van der Waals surface area (Å²) in [4.78, 5) is 38.6. The van der Waals surface area contributed by atoms with E-state index in [2.05, 4.69) is 11.4 Å². The summed E-state index contributed by atoms with van der Waals surface area (Å²) in [5, 5.41) is 14.0. The fourth-order valence-corrected chi connectivity index (χ4v) is 4.51. The quantitative estimate of drug-likeness (QED) is 0.423. The zero-order chi connectivity index (χ0) is 24.1. The number of methoxy groups -OCH3 is 1. The van der Waals surface area contributed by atoms with Crippen molar-refractivity contribution in [1.82, 2.24) is 14.5 Å². The van der Waals surface area contributed by atoms with Crippen LogP contribution < -0.4 is 21.3 Å². The van der Waals surface area contributed by atoms with Gasteiger partial charge >= 0.3 is 5.69 Å². The summed E-state index contributed by atoms with van der Waals surface area (Å²) in [5.41, 5.74) is 1.66. The van der Waals surface area contributed by atoms with Crippen LogP contribution >= 0.6 is 11.3 Å². The summed E-state index contributed by atoms with van der Waals surface area (Å²) in [7, 11) is 1.59. The van der Waals surface area contributed by atoms with Crippen LogP contribution in [0.15, 0.2) is 69.6 Å². The number of nitrogens with one attached hydrogen (secondary N) is 1. The number of ether oxygens (including phenoxy) is 1. The fraction of sp³-hybridized carbons (Fsp3) is 0.200. The number of nitriles is 1. The van der Waals surface area contributed by atoms with Crippen molar-refractivity contribution in [3.63, 3.8) is 0 Å². The molecule has 0 radical (unpaired) electrons. The smallest absolute Gasteiger partial charge is 0.331 e. The number of hydrogen-bond acceptors (Lipinski definition) is 6. The van der Waals surface area contributed by atoms with Gasteiger partial charge in [-0.25, -0.2) is 4.79 Å². The van der Waals surface area contributed by atoms with Crippen LogP contribution in [-0.2, 0) is 24.4 Å². The number of hydrogen-bond donors (Lipinski definition) is 1. The number of benzene rings is 2. The van der Waals surface area contributed by atoms with Gasteiger partial charge in [0.1, 0.15) is 10.4 Å². The van der Waals surface area contributed by atoms with E-state index in [1.165, 1.54) is 15.9 Å². The zero-order valence-electron chi connectivity index (χ0n) is 18.5. The maximum absolute atomic E-state index is 13.3. The molecule has 0 saturated carbocycles. The lowest BCUT2D eigenvalue weighted by atomic mass is 10.1. The molecule has 34 heavy (non-hydrogen) atoms. The SMILES string of the molecule is COc1ccc(CNC(=O)CCn2c(=O)c3sccc3n(Cc3ccccc3C#N)c2=O)cc1. The Balaban J connectivity index is 1.54. The molecule has 8 nitrogen and oxygen atoms in total. The number of aromatic nitrogens is 2. The highest BCUT2D eigenvalue weighted by Crippen LogP contribution is 2.18. The molecule has 1 N–H and O–H groups in total. The van der Waals surface area contributed by atoms with Crippen molar-refractivity contribution in [1.29, 1.82) is 5.26 Å². The van der Waals surface area contributed by atoms with Crippen molar-refractivity contribution < 1.29 is 9.53 Å². The number of nitrogens with zero attached hydrogens (tertiary/aromatic N) is 3. The van der Waals surface area contributed by atoms with E-state index >= 15 is 0 Å². The molecule has 2 aromatic heterocycles. The van der Waals surface area contributed by atoms with E-state index in [0.29, 0.717) is 27.9 Å². The van der Waals surface area contributed by atoms with E-state index in [1.54, 1.807) is 42.8 Å². The molecule has 4 aromatic rings. The molecule has 0 aliphatic heterocycles. The third-order valence-corrected chi connectivity index (χ3v) is 6.41. The molecule has 4 rings (SSSR count). The minimum absolute atomic E-state index is 0.0169. The molecule has 9 heteroatoms. The molecule has 0 aliphatic carbocycles. The van der Waals surface area contributed by atoms with Gasteiger partial charge in [-0.2, -0.15) is 5.26 Å². The van der Waals surface area contributed by atoms with Gasteiger partial charge in [-0.3, -0.25) is 18.7 Å². The molecule has 0 aliphatic rings. The molecule has 172 valence electrons. The molecular formula is C25H22N4O4S. The van der Waals surface area contributed by atoms with E-state index in [0.717, 1.165) is 15.9 Å². The third kappa shape index (κ3) is 4.77. The van der Waals surface area contributed by atoms with E-state index in [-0.39, 0.29) is 25.4 Å². The van der Waals surface area contributed by atoms with Gasteiger partial charge in [-0.1, -0.05) is 30.3 Å². The second kappa shape index (κ2) is 10.2. The molecule has 0 fully saturated rings. The summed E-state index contributed by atoms with van der Waals surface area (Å²) in [6.45, 7) is 0.441. The van der Waals surface area contributed by atoms with Crippen molar-refractivity contribution in [2.24, 2.45) is 0 Å². The Morgan fingerprint density at radius 1 is 1.09 bits per heavy atom. The van der Waals surface area contributed by atoms with E-state index in [1.807, 2.05) is 24.3 Å². The Kier molecular flexibility index (Phi) is 6.90. The van der Waals surface area contributed by atoms with Gasteiger partial charge in [-0.05, 0) is 40.8 Å². The van der Waals surface area contributed by atoms with Crippen LogP contribution in [-0.4, -0.2) is 22.2 Å². The average molecular weight is 475 g/mol. The first kappa shape index (κ1) is 23.0. The maximum Gasteiger partial charge on any atom is 0.331 e. The van der Waals surface area contributed by atoms with Crippen LogP contribution in [0.5, 0.6) is 5.75 Å². The van der Waals surface area contributed by atoms with Gasteiger partial charge in [0.05, 0.1) is 30.8 Å². The largest absolute Gasteiger partial charge is 0.497 e. The highest BCUT2D eigenvalue weighted by Gasteiger charge is 2.16. The molecule has 2 aromatic carbocycles. The Hall–Kier alpha value is -4.16. The number of fused-ring (bicyclic) bond motifs is 1. The van der Waals surface area contributed by atoms with Gasteiger partial charge in [0.15, 0.2) is 0 Å². The van der Waals surface area contributed by atoms with E-state index in [9.17, 15) is 19.6 Å². The van der Waals surface area contributed by atoms with Crippen LogP contribution in [0.25, 0.3) is 10.2 Å². The number of thiophene rings is 1. The first-order valence-corrected chi connectivity index (χ1v) is 11.5. The Bertz CT molecular complexity index is 1490. The second-order valence-corrected chi connectivity index (χ2v) is 8.52. The summed E-state index contributed by atoms with van der Waals surface area (Å²) in [5.74, 6) is 0.460. The van der Waals surface area contributed by atoms with E-state index in [4.69, 9.17) is 4.74 Å². The predicted octanol–water partition coefficient (Wildman–Crippen LogP) is 2.86. The molecule has 0 atom stereocenters. The van der Waals surface area contributed by atoms with Crippen molar-refractivity contribution in [2.45, 2.75) is 26.1 Å². The maximum atomic E-state index is 13.3. The number of carbonyl (C=O) groups is 1. The number of rotatable bonds is 8. The average Bonchev–Trinajstić information content (AvgIpc) is 3.36. The summed E-state index contributed by atoms with van der Waals surface area (Å²) in [6, 6.07) is 18.2. The fourth-order valence-electron chi connectivity index (χ4n) is 3.67. The molecule has 0 saturated heterocycles. The van der Waals surface area contributed by atoms with Crippen LogP contribution in [0.4, 0.5) is 0 Å². The lowest BCUT2D eigenvalue weighted by molar-refractivity contribution is -0.121. The predicted molar refractivity (Wildman–Crippen MR) is 130 cm³/mol. The standard InChI is InChI=1S/C25H22N4O4S/c1-33-20-8-6-17(7-9-20)15-27-22(30)10-12-28-24(31)23-21(11-13-34-23)29(25(28)32)16-19-5-3-2-4-18(19)14-26/h2-9,11,13H,10,12,15-16H2,1H3,(H,27,30). The van der Waals surface area contributed by atoms with Gasteiger partial charge in [0.2, 0.25) is 5.91 Å². The zero-order valence-corrected chi connectivity index (χ0v) is 19.3. The number of carbonyl (C=O) groups excluding carboxylic acids is 1. The second-order valence-electron chi connectivity index (χ2n) is 7.60. The van der Waals surface area contributed by atoms with Gasteiger partial charge < -0.3 is 10.1 Å². The topological polar surface area (TPSA) is 106 Å². The van der Waals surface area contributed by atoms with E-state index < -0.39 is 11.2 Å². The lowest BCUT2D eigenvalue weighted by Gasteiger charge is -2.13. The van der Waals surface area contributed by atoms with Crippen molar-refractivity contribution >= 4 is 27.5 Å². The Morgan fingerprint density at radius 2 is 1.85 bits per heavy atom. The van der Waals surface area contributed by atoms with Gasteiger partial charge in [0.25, 0.3) is 5.56 Å². The molecule has 0 spiro atoms. The van der Waals surface area contributed by atoms with Crippen LogP contribution in [0.2, 0.25) is 0 Å². The highest BCUT2D eigenvalue weighted by molar-refractivity contribution is 7.17. The summed E-state index contributed by atoms with van der Waals surface area (Å²) >= 11 is 1.25. The number of amides is 1. The summed E-state index contributed by atoms with van der Waals surface area (Å²) in [6.07, 6.45) is -0.0169. The molecule has 2 heterocycles. The lowest BCUT2D eigenvalue weighted by Crippen LogP contribution is -2.41. The van der Waals surface area contributed by atoms with Gasteiger partial charge in [0, 0.05) is 19.5 Å². The van der Waals surface area contributed by atoms with Crippen molar-refractivity contribution in [2.75, 3.05) is 7.11 Å². The van der Waals surface area contributed by atoms with Crippen LogP contribution in [0.3, 0.4) is 0 Å². The van der Waals surface area contributed by atoms with Crippen molar-refractivity contribution in [3.05, 3.63) is 97.5 Å². The summed E-state index contributed by atoms with van der Waals surface area (Å²) < 4.78 is 8.14. The molecule has 0 bridgehead atoms. The first-order chi connectivity index (χ1) is 16.5. The molecular weight excluding hydrogens is 452 g/mol. The Morgan fingerprint density at radius 3 is 2.59 bits per heavy atom. The highest BCUT2D eigenvalue weighted by atomic mass is 32.1. The third-order valence-electron chi connectivity index (χ3n) is 5.51. The first-order valence-electron chi connectivity index (χ1n) is 10.6. The monoisotopic (exact) mass is 474 g/mol. The van der Waals surface area contributed by atoms with Crippen molar-refractivity contribution in [3.8, 4) is 11.8 Å².